The quantitative estimate of drug-likeness (QED) is 0.307. The molecule has 1 amide bonds. The Morgan fingerprint density at radius 3 is 2.21 bits per heavy atom. The largest absolute Gasteiger partial charge is 0.497 e. The minimum absolute atomic E-state index is 0.0121. The molecule has 1 aliphatic rings. The van der Waals surface area contributed by atoms with Crippen LogP contribution in [0.2, 0.25) is 0 Å². The van der Waals surface area contributed by atoms with Crippen LogP contribution in [0.4, 0.5) is 5.82 Å². The van der Waals surface area contributed by atoms with Crippen LogP contribution in [0.25, 0.3) is 27.8 Å². The average Bonchev–Trinajstić information content (AvgIpc) is 3.41. The monoisotopic (exact) mass is 519 g/mol. The number of anilines is 1. The van der Waals surface area contributed by atoms with Crippen LogP contribution in [0.1, 0.15) is 0 Å². The van der Waals surface area contributed by atoms with Crippen molar-refractivity contribution in [2.45, 2.75) is 0 Å². The van der Waals surface area contributed by atoms with Gasteiger partial charge < -0.3 is 23.8 Å². The first kappa shape index (κ1) is 24.5. The number of fused-ring (bicyclic) bond motifs is 1. The predicted molar refractivity (Wildman–Crippen MR) is 152 cm³/mol. The van der Waals surface area contributed by atoms with E-state index >= 15 is 0 Å². The van der Waals surface area contributed by atoms with Crippen molar-refractivity contribution in [2.24, 2.45) is 0 Å². The summed E-state index contributed by atoms with van der Waals surface area (Å²) in [7, 11) is 1.66. The van der Waals surface area contributed by atoms with Crippen molar-refractivity contribution >= 4 is 22.8 Å². The van der Waals surface area contributed by atoms with Crippen molar-refractivity contribution in [3.63, 3.8) is 0 Å². The van der Waals surface area contributed by atoms with Crippen LogP contribution in [0.5, 0.6) is 11.5 Å². The van der Waals surface area contributed by atoms with E-state index in [9.17, 15) is 4.79 Å². The molecule has 0 unspecified atom stereocenters. The number of hydrogen-bond acceptors (Lipinski definition) is 6. The number of hydrogen-bond donors (Lipinski definition) is 0. The van der Waals surface area contributed by atoms with Crippen LogP contribution in [0.15, 0.2) is 97.5 Å². The Balaban J connectivity index is 1.28. The third-order valence-electron chi connectivity index (χ3n) is 7.04. The van der Waals surface area contributed by atoms with E-state index in [0.29, 0.717) is 31.9 Å². The summed E-state index contributed by atoms with van der Waals surface area (Å²) in [6.45, 7) is 2.57. The Morgan fingerprint density at radius 2 is 1.51 bits per heavy atom. The highest BCUT2D eigenvalue weighted by atomic mass is 16.5. The zero-order chi connectivity index (χ0) is 26.6. The molecule has 39 heavy (non-hydrogen) atoms. The molecule has 196 valence electrons. The van der Waals surface area contributed by atoms with Gasteiger partial charge in [0.05, 0.1) is 12.5 Å². The van der Waals surface area contributed by atoms with E-state index in [1.165, 1.54) is 0 Å². The molecule has 5 aromatic rings. The fraction of sp³-hybridized carbons (Fsp3) is 0.194. The minimum atomic E-state index is -0.0121. The molecule has 1 fully saturated rings. The van der Waals surface area contributed by atoms with Gasteiger partial charge in [0, 0.05) is 43.6 Å². The third-order valence-corrected chi connectivity index (χ3v) is 7.04. The fourth-order valence-corrected chi connectivity index (χ4v) is 4.98. The molecule has 8 nitrogen and oxygen atoms in total. The predicted octanol–water partition coefficient (Wildman–Crippen LogP) is 4.82. The number of ether oxygens (including phenoxy) is 2. The molecule has 2 aromatic heterocycles. The van der Waals surface area contributed by atoms with E-state index in [-0.39, 0.29) is 12.5 Å². The molecule has 0 radical (unpaired) electrons. The fourth-order valence-electron chi connectivity index (χ4n) is 4.98. The van der Waals surface area contributed by atoms with E-state index in [2.05, 4.69) is 27.8 Å². The van der Waals surface area contributed by atoms with Gasteiger partial charge in [-0.05, 0) is 42.0 Å². The van der Waals surface area contributed by atoms with Crippen molar-refractivity contribution in [3.05, 3.63) is 97.5 Å². The summed E-state index contributed by atoms with van der Waals surface area (Å²) in [5.74, 6) is 2.36. The molecule has 3 aromatic carbocycles. The first-order valence-corrected chi connectivity index (χ1v) is 13.0. The first-order chi connectivity index (χ1) is 19.2. The maximum Gasteiger partial charge on any atom is 0.260 e. The van der Waals surface area contributed by atoms with Crippen molar-refractivity contribution in [1.29, 1.82) is 0 Å². The van der Waals surface area contributed by atoms with Crippen LogP contribution in [0, 0.1) is 0 Å². The van der Waals surface area contributed by atoms with E-state index in [0.717, 1.165) is 39.4 Å². The van der Waals surface area contributed by atoms with Gasteiger partial charge in [0.25, 0.3) is 5.91 Å². The standard InChI is InChI=1S/C31H29N5O3/c1-38-25-14-12-24(13-15-25)36-20-27(23-8-4-2-5-9-23)29-30(32-22-33-31(29)36)35-18-16-34(17-19-35)28(37)21-39-26-10-6-3-7-11-26/h2-15,20,22H,16-19,21H2,1H3. The molecular weight excluding hydrogens is 490 g/mol. The van der Waals surface area contributed by atoms with Crippen molar-refractivity contribution < 1.29 is 14.3 Å². The van der Waals surface area contributed by atoms with Gasteiger partial charge in [0.2, 0.25) is 0 Å². The second-order valence-electron chi connectivity index (χ2n) is 9.34. The highest BCUT2D eigenvalue weighted by Gasteiger charge is 2.26. The molecular formula is C31H29N5O3. The zero-order valence-electron chi connectivity index (χ0n) is 21.7. The number of para-hydroxylation sites is 1. The molecule has 0 atom stereocenters. The molecule has 0 aliphatic carbocycles. The minimum Gasteiger partial charge on any atom is -0.497 e. The normalized spacial score (nSPS) is 13.5. The summed E-state index contributed by atoms with van der Waals surface area (Å²) in [4.78, 5) is 26.4. The Kier molecular flexibility index (Phi) is 6.82. The third kappa shape index (κ3) is 5.01. The lowest BCUT2D eigenvalue weighted by Crippen LogP contribution is -2.50. The van der Waals surface area contributed by atoms with Crippen molar-refractivity contribution in [3.8, 4) is 28.3 Å². The van der Waals surface area contributed by atoms with Crippen molar-refractivity contribution in [2.75, 3.05) is 44.8 Å². The van der Waals surface area contributed by atoms with Crippen LogP contribution in [-0.4, -0.2) is 65.2 Å². The number of carbonyl (C=O) groups is 1. The number of benzene rings is 3. The number of nitrogens with zero attached hydrogens (tertiary/aromatic N) is 5. The summed E-state index contributed by atoms with van der Waals surface area (Å²) in [5.41, 5.74) is 3.98. The Morgan fingerprint density at radius 1 is 0.821 bits per heavy atom. The van der Waals surface area contributed by atoms with E-state index in [4.69, 9.17) is 19.4 Å². The highest BCUT2D eigenvalue weighted by molar-refractivity contribution is 6.02. The van der Waals surface area contributed by atoms with E-state index < -0.39 is 0 Å². The number of carbonyl (C=O) groups excluding carboxylic acids is 1. The molecule has 1 aliphatic heterocycles. The number of aromatic nitrogens is 3. The van der Waals surface area contributed by atoms with Gasteiger partial charge in [-0.15, -0.1) is 0 Å². The average molecular weight is 520 g/mol. The topological polar surface area (TPSA) is 72.7 Å². The lowest BCUT2D eigenvalue weighted by atomic mass is 10.1. The van der Waals surface area contributed by atoms with Gasteiger partial charge in [-0.25, -0.2) is 9.97 Å². The second kappa shape index (κ2) is 10.9. The number of amides is 1. The summed E-state index contributed by atoms with van der Waals surface area (Å²) in [6.07, 6.45) is 3.75. The molecule has 0 spiro atoms. The summed E-state index contributed by atoms with van der Waals surface area (Å²) in [5, 5.41) is 0.992. The Hall–Kier alpha value is -4.85. The number of methoxy groups -OCH3 is 1. The summed E-state index contributed by atoms with van der Waals surface area (Å²) < 4.78 is 13.1. The maximum atomic E-state index is 12.8. The Bertz CT molecular complexity index is 1560. The van der Waals surface area contributed by atoms with Gasteiger partial charge >= 0.3 is 0 Å². The highest BCUT2D eigenvalue weighted by Crippen LogP contribution is 2.37. The van der Waals surface area contributed by atoms with Gasteiger partial charge in [-0.3, -0.25) is 4.79 Å². The summed E-state index contributed by atoms with van der Waals surface area (Å²) >= 11 is 0. The van der Waals surface area contributed by atoms with Crippen LogP contribution in [0.3, 0.4) is 0 Å². The van der Waals surface area contributed by atoms with E-state index in [1.54, 1.807) is 13.4 Å². The molecule has 3 heterocycles. The summed E-state index contributed by atoms with van der Waals surface area (Å²) in [6, 6.07) is 27.7. The van der Waals surface area contributed by atoms with Crippen LogP contribution >= 0.6 is 0 Å². The Labute approximate surface area is 227 Å². The van der Waals surface area contributed by atoms with Gasteiger partial charge in [-0.2, -0.15) is 0 Å². The van der Waals surface area contributed by atoms with Crippen LogP contribution in [-0.2, 0) is 4.79 Å². The molecule has 0 bridgehead atoms. The van der Waals surface area contributed by atoms with Gasteiger partial charge in [0.1, 0.15) is 23.6 Å². The lowest BCUT2D eigenvalue weighted by molar-refractivity contribution is -0.133. The zero-order valence-corrected chi connectivity index (χ0v) is 21.7. The lowest BCUT2D eigenvalue weighted by Gasteiger charge is -2.35. The molecule has 6 rings (SSSR count). The van der Waals surface area contributed by atoms with Gasteiger partial charge in [-0.1, -0.05) is 48.5 Å². The maximum absolute atomic E-state index is 12.8. The van der Waals surface area contributed by atoms with Gasteiger partial charge in [0.15, 0.2) is 12.3 Å². The first-order valence-electron chi connectivity index (χ1n) is 13.0. The van der Waals surface area contributed by atoms with E-state index in [1.807, 2.05) is 77.7 Å². The second-order valence-corrected chi connectivity index (χ2v) is 9.34. The molecule has 0 saturated carbocycles. The van der Waals surface area contributed by atoms with Crippen LogP contribution < -0.4 is 14.4 Å². The SMILES string of the molecule is COc1ccc(-n2cc(-c3ccccc3)c3c(N4CCN(C(=O)COc5ccccc5)CC4)ncnc32)cc1. The number of rotatable bonds is 7. The molecule has 1 saturated heterocycles. The smallest absolute Gasteiger partial charge is 0.260 e. The molecule has 0 N–H and O–H groups in total. The molecule has 8 heteroatoms. The van der Waals surface area contributed by atoms with Crippen molar-refractivity contribution in [1.82, 2.24) is 19.4 Å². The number of piperazine rings is 1.